The third-order valence-electron chi connectivity index (χ3n) is 3.28. The molecule has 1 aromatic rings. The summed E-state index contributed by atoms with van der Waals surface area (Å²) < 4.78 is 4.73. The van der Waals surface area contributed by atoms with Crippen molar-refractivity contribution >= 4 is 56.6 Å². The Bertz CT molecular complexity index is 502. The van der Waals surface area contributed by atoms with Gasteiger partial charge in [-0.2, -0.15) is 0 Å². The van der Waals surface area contributed by atoms with Crippen LogP contribution in [0.1, 0.15) is 23.2 Å². The molecule has 22 heavy (non-hydrogen) atoms. The zero-order valence-corrected chi connectivity index (χ0v) is 15.5. The molecule has 1 aromatic carbocycles. The standard InChI is InChI=1S/C14H16BrCl3N2O2/c15-10-5-3-9(4-6-10)12(21)20-13(14(16,17)18)19-8-11-2-1-7-22-11/h3-6,11,13,19H,1-2,7-8H2,(H,20,21)/t11-,13+/m1/s1. The second-order valence-corrected chi connectivity index (χ2v) is 8.28. The minimum absolute atomic E-state index is 0.0828. The van der Waals surface area contributed by atoms with Crippen molar-refractivity contribution < 1.29 is 9.53 Å². The smallest absolute Gasteiger partial charge is 0.252 e. The molecule has 2 atom stereocenters. The van der Waals surface area contributed by atoms with Crippen molar-refractivity contribution in [3.8, 4) is 0 Å². The van der Waals surface area contributed by atoms with Crippen molar-refractivity contribution in [2.75, 3.05) is 13.2 Å². The predicted octanol–water partition coefficient (Wildman–Crippen LogP) is 3.64. The van der Waals surface area contributed by atoms with Crippen LogP contribution in [-0.2, 0) is 4.74 Å². The van der Waals surface area contributed by atoms with Crippen LogP contribution in [-0.4, -0.2) is 35.1 Å². The normalized spacial score (nSPS) is 19.9. The SMILES string of the molecule is O=C(N[C@H](NC[C@H]1CCCO1)C(Cl)(Cl)Cl)c1ccc(Br)cc1. The summed E-state index contributed by atoms with van der Waals surface area (Å²) in [4.78, 5) is 12.2. The van der Waals surface area contributed by atoms with E-state index in [4.69, 9.17) is 39.5 Å². The Hall–Kier alpha value is -0.0400. The molecule has 0 aromatic heterocycles. The Balaban J connectivity index is 1.96. The number of amides is 1. The van der Waals surface area contributed by atoms with Crippen molar-refractivity contribution in [1.82, 2.24) is 10.6 Å². The number of nitrogens with one attached hydrogen (secondary N) is 2. The molecule has 1 heterocycles. The van der Waals surface area contributed by atoms with Crippen LogP contribution in [0.3, 0.4) is 0 Å². The number of benzene rings is 1. The number of rotatable bonds is 5. The predicted molar refractivity (Wildman–Crippen MR) is 92.7 cm³/mol. The van der Waals surface area contributed by atoms with Crippen molar-refractivity contribution in [2.45, 2.75) is 28.9 Å². The molecule has 1 amide bonds. The highest BCUT2D eigenvalue weighted by Gasteiger charge is 2.34. The van der Waals surface area contributed by atoms with Gasteiger partial charge in [-0.1, -0.05) is 50.7 Å². The van der Waals surface area contributed by atoms with Crippen LogP contribution in [0.4, 0.5) is 0 Å². The number of alkyl halides is 3. The molecule has 2 rings (SSSR count). The van der Waals surface area contributed by atoms with Gasteiger partial charge in [0.2, 0.25) is 3.79 Å². The fourth-order valence-corrected chi connectivity index (χ4v) is 2.78. The maximum Gasteiger partial charge on any atom is 0.252 e. The van der Waals surface area contributed by atoms with Crippen LogP contribution in [0, 0.1) is 0 Å². The number of carbonyl (C=O) groups is 1. The van der Waals surface area contributed by atoms with E-state index in [0.29, 0.717) is 12.1 Å². The van der Waals surface area contributed by atoms with Crippen LogP contribution in [0.5, 0.6) is 0 Å². The average molecular weight is 431 g/mol. The van der Waals surface area contributed by atoms with Gasteiger partial charge in [-0.3, -0.25) is 10.1 Å². The fourth-order valence-electron chi connectivity index (χ4n) is 2.12. The molecule has 1 fully saturated rings. The lowest BCUT2D eigenvalue weighted by Crippen LogP contribution is -2.54. The van der Waals surface area contributed by atoms with E-state index in [9.17, 15) is 4.79 Å². The molecule has 122 valence electrons. The lowest BCUT2D eigenvalue weighted by molar-refractivity contribution is 0.0897. The number of halogens is 4. The van der Waals surface area contributed by atoms with Gasteiger partial charge in [-0.05, 0) is 37.1 Å². The summed E-state index contributed by atoms with van der Waals surface area (Å²) in [5.74, 6) is -0.316. The fraction of sp³-hybridized carbons (Fsp3) is 0.500. The molecule has 2 N–H and O–H groups in total. The van der Waals surface area contributed by atoms with Crippen LogP contribution >= 0.6 is 50.7 Å². The molecule has 0 bridgehead atoms. The van der Waals surface area contributed by atoms with Crippen molar-refractivity contribution in [3.63, 3.8) is 0 Å². The van der Waals surface area contributed by atoms with Gasteiger partial charge in [0.15, 0.2) is 0 Å². The molecule has 0 radical (unpaired) electrons. The molecular formula is C14H16BrCl3N2O2. The van der Waals surface area contributed by atoms with E-state index in [1.807, 2.05) is 0 Å². The Labute approximate surface area is 152 Å². The molecular weight excluding hydrogens is 414 g/mol. The number of carbonyl (C=O) groups excluding carboxylic acids is 1. The maximum absolute atomic E-state index is 12.2. The van der Waals surface area contributed by atoms with Gasteiger partial charge in [-0.25, -0.2) is 0 Å². The van der Waals surface area contributed by atoms with Gasteiger partial charge in [0.05, 0.1) is 6.10 Å². The quantitative estimate of drug-likeness (QED) is 0.554. The summed E-state index contributed by atoms with van der Waals surface area (Å²) >= 11 is 21.2. The molecule has 1 saturated heterocycles. The Morgan fingerprint density at radius 2 is 2.05 bits per heavy atom. The molecule has 0 unspecified atom stereocenters. The average Bonchev–Trinajstić information content (AvgIpc) is 2.96. The highest BCUT2D eigenvalue weighted by molar-refractivity contribution is 9.10. The first kappa shape index (κ1) is 18.3. The first-order valence-corrected chi connectivity index (χ1v) is 8.77. The molecule has 0 saturated carbocycles. The highest BCUT2D eigenvalue weighted by Crippen LogP contribution is 2.29. The topological polar surface area (TPSA) is 50.4 Å². The molecule has 4 nitrogen and oxygen atoms in total. The first-order valence-electron chi connectivity index (χ1n) is 6.84. The number of hydrogen-bond acceptors (Lipinski definition) is 3. The zero-order chi connectivity index (χ0) is 16.2. The minimum Gasteiger partial charge on any atom is -0.377 e. The van der Waals surface area contributed by atoms with E-state index in [-0.39, 0.29) is 12.0 Å². The van der Waals surface area contributed by atoms with E-state index in [0.717, 1.165) is 23.9 Å². The lowest BCUT2D eigenvalue weighted by atomic mass is 10.2. The van der Waals surface area contributed by atoms with Gasteiger partial charge in [0.25, 0.3) is 5.91 Å². The van der Waals surface area contributed by atoms with Gasteiger partial charge < -0.3 is 10.1 Å². The zero-order valence-electron chi connectivity index (χ0n) is 11.6. The third kappa shape index (κ3) is 5.55. The highest BCUT2D eigenvalue weighted by atomic mass is 79.9. The molecule has 0 aliphatic carbocycles. The van der Waals surface area contributed by atoms with Gasteiger partial charge in [0.1, 0.15) is 6.17 Å². The third-order valence-corrected chi connectivity index (χ3v) is 4.47. The Kier molecular flexibility index (Phi) is 6.80. The summed E-state index contributed by atoms with van der Waals surface area (Å²) in [6, 6.07) is 6.93. The molecule has 1 aliphatic heterocycles. The molecule has 8 heteroatoms. The number of hydrogen-bond donors (Lipinski definition) is 2. The second kappa shape index (κ2) is 8.18. The van der Waals surface area contributed by atoms with Crippen molar-refractivity contribution in [2.24, 2.45) is 0 Å². The summed E-state index contributed by atoms with van der Waals surface area (Å²) in [5.41, 5.74) is 0.487. The van der Waals surface area contributed by atoms with E-state index < -0.39 is 9.96 Å². The summed E-state index contributed by atoms with van der Waals surface area (Å²) in [6.45, 7) is 1.26. The van der Waals surface area contributed by atoms with Gasteiger partial charge in [-0.15, -0.1) is 0 Å². The van der Waals surface area contributed by atoms with Gasteiger partial charge >= 0.3 is 0 Å². The largest absolute Gasteiger partial charge is 0.377 e. The molecule has 1 aliphatic rings. The van der Waals surface area contributed by atoms with Crippen molar-refractivity contribution in [3.05, 3.63) is 34.3 Å². The van der Waals surface area contributed by atoms with E-state index in [1.165, 1.54) is 0 Å². The minimum atomic E-state index is -1.66. The van der Waals surface area contributed by atoms with Crippen LogP contribution < -0.4 is 10.6 Å². The Morgan fingerprint density at radius 1 is 1.36 bits per heavy atom. The number of ether oxygens (including phenoxy) is 1. The van der Waals surface area contributed by atoms with E-state index in [2.05, 4.69) is 26.6 Å². The summed E-state index contributed by atoms with van der Waals surface area (Å²) in [5, 5.41) is 5.75. The van der Waals surface area contributed by atoms with E-state index >= 15 is 0 Å². The maximum atomic E-state index is 12.2. The second-order valence-electron chi connectivity index (χ2n) is 5.00. The summed E-state index contributed by atoms with van der Waals surface area (Å²) in [6.07, 6.45) is 1.26. The van der Waals surface area contributed by atoms with Crippen LogP contribution in [0.15, 0.2) is 28.7 Å². The molecule has 0 spiro atoms. The lowest BCUT2D eigenvalue weighted by Gasteiger charge is -2.27. The van der Waals surface area contributed by atoms with Crippen molar-refractivity contribution in [1.29, 1.82) is 0 Å². The summed E-state index contributed by atoms with van der Waals surface area (Å²) in [7, 11) is 0. The monoisotopic (exact) mass is 428 g/mol. The van der Waals surface area contributed by atoms with Gasteiger partial charge in [0, 0.05) is 23.2 Å². The van der Waals surface area contributed by atoms with Crippen LogP contribution in [0.25, 0.3) is 0 Å². The van der Waals surface area contributed by atoms with E-state index in [1.54, 1.807) is 24.3 Å². The Morgan fingerprint density at radius 3 is 2.59 bits per heavy atom. The van der Waals surface area contributed by atoms with Crippen LogP contribution in [0.2, 0.25) is 0 Å². The first-order chi connectivity index (χ1) is 10.4.